The second-order valence-corrected chi connectivity index (χ2v) is 35.0. The monoisotopic (exact) mass is 1800 g/mol. The van der Waals surface area contributed by atoms with Crippen LogP contribution in [0.2, 0.25) is 0 Å². The van der Waals surface area contributed by atoms with Crippen LogP contribution in [0.3, 0.4) is 0 Å². The summed E-state index contributed by atoms with van der Waals surface area (Å²) in [4.78, 5) is 225. The van der Waals surface area contributed by atoms with Crippen molar-refractivity contribution in [1.29, 1.82) is 0 Å². The Morgan fingerprint density at radius 2 is 0.600 bits per heavy atom. The van der Waals surface area contributed by atoms with E-state index >= 15 is 57.5 Å². The van der Waals surface area contributed by atoms with Crippen LogP contribution in [0.1, 0.15) is 186 Å². The fourth-order valence-electron chi connectivity index (χ4n) is 15.8. The van der Waals surface area contributed by atoms with E-state index in [1.54, 1.807) is 149 Å². The Morgan fingerprint density at radius 1 is 0.331 bits per heavy atom. The van der Waals surface area contributed by atoms with Gasteiger partial charge in [0.15, 0.2) is 0 Å². The summed E-state index contributed by atoms with van der Waals surface area (Å²) < 4.78 is 16.3. The molecule has 3 heterocycles. The summed E-state index contributed by atoms with van der Waals surface area (Å²) >= 11 is 0. The van der Waals surface area contributed by atoms with Crippen molar-refractivity contribution in [3.8, 4) is 0 Å². The standard InChI is InChI=1S/C96H134N16O18/c1-61(2)54-74-86(117)107-76(56-65-32-14-9-15-33-65)92(123)111-52-30-46-78(111)88(119)101-70(42-24-26-48-97)84(115)109-80(63(5)6)90(121)103-72(44-28-50-99-95(126)129-59-68-38-20-12-21-39-68)82(113)105-75(55-62(3)4)87(118)108-77(57-66-34-16-10-17-35-66)93(124)112-53-31-47-79(112)89(120)102-71(43-25-27-49-98-94(125)128-58-67-36-18-11-19-37-67)85(116)110-81(64(7)8)91(122)104-73(83(114)106-74)45-29-51-100-96(127)130-60-69-40-22-13-23-41-69/h9-23,32-41,61-64,70-81H,24-31,42-60,97H2,1-8H3,(H,98,125)(H,99,126)(H,100,127)(H,101,119)(H,102,120)(H,103,121)(H,104,122)(H,105,113)(H,106,114)(H,107,117)(H,108,118)(H,109,115)(H,110,116)/t70-,71-,72+,73+,74+,75+,76-,77-,78+,79+,80+,81+/m1/s1. The average Bonchev–Trinajstić information content (AvgIpc) is 1.66. The Hall–Kier alpha value is -12.5. The zero-order valence-corrected chi connectivity index (χ0v) is 76.1. The van der Waals surface area contributed by atoms with Gasteiger partial charge in [0, 0.05) is 45.6 Å². The van der Waals surface area contributed by atoms with Crippen LogP contribution in [0.15, 0.2) is 152 Å². The van der Waals surface area contributed by atoms with Crippen LogP contribution in [-0.2, 0) is 104 Å². The molecule has 5 aromatic rings. The van der Waals surface area contributed by atoms with E-state index in [0.29, 0.717) is 36.8 Å². The Balaban J connectivity index is 1.17. The molecule has 0 bridgehead atoms. The lowest BCUT2D eigenvalue weighted by Gasteiger charge is -2.32. The van der Waals surface area contributed by atoms with Gasteiger partial charge in [0.1, 0.15) is 92.3 Å². The minimum absolute atomic E-state index is 0.00192. The van der Waals surface area contributed by atoms with E-state index in [0.717, 1.165) is 16.7 Å². The van der Waals surface area contributed by atoms with Crippen molar-refractivity contribution in [2.24, 2.45) is 29.4 Å². The van der Waals surface area contributed by atoms with E-state index in [2.05, 4.69) is 69.1 Å². The van der Waals surface area contributed by atoms with Crippen LogP contribution >= 0.6 is 0 Å². The normalized spacial score (nSPS) is 22.4. The number of alkyl carbamates (subject to hydrolysis) is 3. The van der Waals surface area contributed by atoms with Crippen molar-refractivity contribution >= 4 is 89.2 Å². The lowest BCUT2D eigenvalue weighted by molar-refractivity contribution is -0.143. The third-order valence-electron chi connectivity index (χ3n) is 22.8. The largest absolute Gasteiger partial charge is 0.445 e. The summed E-state index contributed by atoms with van der Waals surface area (Å²) in [6, 6.07) is 28.0. The number of ether oxygens (including phenoxy) is 3. The molecular formula is C96H134N16O18. The van der Waals surface area contributed by atoms with E-state index in [1.807, 2.05) is 58.0 Å². The summed E-state index contributed by atoms with van der Waals surface area (Å²) in [5, 5.41) is 36.7. The number of benzene rings is 5. The number of nitrogens with two attached hydrogens (primary N) is 1. The maximum absolute atomic E-state index is 15.6. The van der Waals surface area contributed by atoms with Crippen LogP contribution in [-0.4, -0.2) is 211 Å². The molecule has 12 atom stereocenters. The topological polar surface area (TPSA) is 473 Å². The molecule has 5 aromatic carbocycles. The van der Waals surface area contributed by atoms with Gasteiger partial charge in [-0.2, -0.15) is 0 Å². The summed E-state index contributed by atoms with van der Waals surface area (Å²) in [5.41, 5.74) is 9.42. The highest BCUT2D eigenvalue weighted by Gasteiger charge is 2.44. The van der Waals surface area contributed by atoms with Crippen molar-refractivity contribution in [3.05, 3.63) is 179 Å². The first-order chi connectivity index (χ1) is 62.4. The smallest absolute Gasteiger partial charge is 0.407 e. The van der Waals surface area contributed by atoms with Gasteiger partial charge in [0.05, 0.1) is 0 Å². The maximum Gasteiger partial charge on any atom is 0.407 e. The molecule has 130 heavy (non-hydrogen) atoms. The number of carbonyl (C=O) groups is 15. The number of unbranched alkanes of at least 4 members (excludes halogenated alkanes) is 2. The van der Waals surface area contributed by atoms with E-state index in [-0.39, 0.29) is 161 Å². The van der Waals surface area contributed by atoms with E-state index in [4.69, 9.17) is 19.9 Å². The Morgan fingerprint density at radius 3 is 0.915 bits per heavy atom. The maximum atomic E-state index is 15.6. The fourth-order valence-corrected chi connectivity index (χ4v) is 15.8. The number of rotatable bonds is 33. The SMILES string of the molecule is CC(C)C[C@@H]1NC(=O)[C@H](CCCNC(=O)OCc2ccccc2)NC(=O)[C@H](C(C)C)NC(=O)[C@@H](CCCCN)NC(=O)[C@@H]2CCCN2C(=O)[C@@H](Cc2ccccc2)NC(=O)[C@H](CC(C)C)NC(=O)[C@H](CCCNC(=O)OCc2ccccc2)NC(=O)[C@H](C(C)C)NC(=O)[C@@H](CCCCNC(=O)OCc2ccccc2)NC(=O)[C@@H]2CCCN2C(=O)[C@@H](Cc2ccccc2)NC1=O. The molecule has 3 fully saturated rings. The summed E-state index contributed by atoms with van der Waals surface area (Å²) in [5.74, 6) is -11.5. The van der Waals surface area contributed by atoms with Crippen molar-refractivity contribution < 1.29 is 86.1 Å². The predicted molar refractivity (Wildman–Crippen MR) is 487 cm³/mol. The molecule has 0 radical (unpaired) electrons. The van der Waals surface area contributed by atoms with Gasteiger partial charge in [-0.15, -0.1) is 0 Å². The Bertz CT molecular complexity index is 4490. The summed E-state index contributed by atoms with van der Waals surface area (Å²) in [7, 11) is 0. The molecule has 0 unspecified atom stereocenters. The molecule has 3 aliphatic rings. The molecule has 34 heteroatoms. The Kier molecular flexibility index (Phi) is 42.8. The van der Waals surface area contributed by atoms with Gasteiger partial charge in [-0.25, -0.2) is 14.4 Å². The van der Waals surface area contributed by atoms with Gasteiger partial charge in [-0.1, -0.05) is 207 Å². The molecule has 0 saturated carbocycles. The highest BCUT2D eigenvalue weighted by molar-refractivity contribution is 6.01. The van der Waals surface area contributed by atoms with Crippen LogP contribution in [0.25, 0.3) is 0 Å². The third kappa shape index (κ3) is 34.5. The number of fused-ring (bicyclic) bond motifs is 2. The van der Waals surface area contributed by atoms with Crippen LogP contribution in [0.5, 0.6) is 0 Å². The first-order valence-corrected chi connectivity index (χ1v) is 45.7. The number of nitrogens with one attached hydrogen (secondary N) is 13. The molecule has 0 spiro atoms. The van der Waals surface area contributed by atoms with Crippen molar-refractivity contribution in [2.75, 3.05) is 39.3 Å². The van der Waals surface area contributed by atoms with Crippen LogP contribution in [0.4, 0.5) is 14.4 Å². The van der Waals surface area contributed by atoms with Gasteiger partial charge in [-0.3, -0.25) is 57.5 Å². The van der Waals surface area contributed by atoms with Crippen molar-refractivity contribution in [1.82, 2.24) is 78.9 Å². The molecule has 15 N–H and O–H groups in total. The Labute approximate surface area is 761 Å². The van der Waals surface area contributed by atoms with E-state index in [9.17, 15) is 14.4 Å². The van der Waals surface area contributed by atoms with Gasteiger partial charge in [0.25, 0.3) is 0 Å². The molecule has 0 aromatic heterocycles. The van der Waals surface area contributed by atoms with Gasteiger partial charge in [0.2, 0.25) is 70.9 Å². The average molecular weight is 1800 g/mol. The highest BCUT2D eigenvalue weighted by atomic mass is 16.6. The van der Waals surface area contributed by atoms with Crippen molar-refractivity contribution in [3.63, 3.8) is 0 Å². The number of hydrogen-bond donors (Lipinski definition) is 14. The number of nitrogens with zero attached hydrogens (tertiary/aromatic N) is 2. The lowest BCUT2D eigenvalue weighted by atomic mass is 9.99. The fraction of sp³-hybridized carbons (Fsp3) is 0.531. The quantitative estimate of drug-likeness (QED) is 0.0160. The molecule has 706 valence electrons. The number of carbonyl (C=O) groups excluding carboxylic acids is 15. The second-order valence-electron chi connectivity index (χ2n) is 35.0. The predicted octanol–water partition coefficient (Wildman–Crippen LogP) is 6.36. The van der Waals surface area contributed by atoms with Gasteiger partial charge < -0.3 is 98.9 Å². The minimum atomic E-state index is -1.49. The first kappa shape index (κ1) is 103. The minimum Gasteiger partial charge on any atom is -0.445 e. The zero-order chi connectivity index (χ0) is 94.0. The molecule has 34 nitrogen and oxygen atoms in total. The zero-order valence-electron chi connectivity index (χ0n) is 76.1. The molecule has 8 rings (SSSR count). The van der Waals surface area contributed by atoms with Crippen molar-refractivity contribution in [2.45, 2.75) is 263 Å². The summed E-state index contributed by atoms with van der Waals surface area (Å²) in [6.45, 7) is 14.0. The van der Waals surface area contributed by atoms with E-state index in [1.165, 1.54) is 9.80 Å². The first-order valence-electron chi connectivity index (χ1n) is 45.7. The number of amides is 15. The molecular weight excluding hydrogens is 1670 g/mol. The molecule has 3 saturated heterocycles. The number of hydrogen-bond acceptors (Lipinski definition) is 19. The molecule has 15 amide bonds. The van der Waals surface area contributed by atoms with Gasteiger partial charge in [-0.05, 0) is 161 Å². The van der Waals surface area contributed by atoms with Gasteiger partial charge >= 0.3 is 18.3 Å². The molecule has 0 aliphatic carbocycles. The van der Waals surface area contributed by atoms with Crippen LogP contribution in [0, 0.1) is 23.7 Å². The third-order valence-corrected chi connectivity index (χ3v) is 22.8. The van der Waals surface area contributed by atoms with E-state index < -0.39 is 174 Å². The highest BCUT2D eigenvalue weighted by Crippen LogP contribution is 2.25. The lowest BCUT2D eigenvalue weighted by Crippen LogP contribution is -2.62. The summed E-state index contributed by atoms with van der Waals surface area (Å²) in [6.07, 6.45) is -0.721. The van der Waals surface area contributed by atoms with Crippen LogP contribution < -0.4 is 74.9 Å². The molecule has 3 aliphatic heterocycles. The second kappa shape index (κ2) is 54.1.